The van der Waals surface area contributed by atoms with Crippen LogP contribution < -0.4 is 5.32 Å². The Kier molecular flexibility index (Phi) is 4.97. The number of nitrogens with one attached hydrogen (secondary N) is 1. The number of hydrogen-bond donors (Lipinski definition) is 1. The van der Waals surface area contributed by atoms with Gasteiger partial charge in [0.2, 0.25) is 11.7 Å². The summed E-state index contributed by atoms with van der Waals surface area (Å²) in [4.78, 5) is 22.3. The van der Waals surface area contributed by atoms with E-state index in [-0.39, 0.29) is 6.03 Å². The van der Waals surface area contributed by atoms with E-state index in [4.69, 9.17) is 9.05 Å². The van der Waals surface area contributed by atoms with Gasteiger partial charge in [0.1, 0.15) is 11.8 Å². The molecule has 0 unspecified atom stereocenters. The molecule has 3 aromatic heterocycles. The van der Waals surface area contributed by atoms with E-state index in [1.807, 2.05) is 13.8 Å². The van der Waals surface area contributed by atoms with Crippen molar-refractivity contribution in [1.82, 2.24) is 30.5 Å². The standard InChI is InChI=1S/C17H20N6O3/c1-10-14(12(3)25-21-10)9-23(4)17(24)19-11(2)16-20-15(22-26-16)13-5-7-18-8-6-13/h5-8,11H,9H2,1-4H3,(H,19,24)/t11-/m1/s1. The van der Waals surface area contributed by atoms with Gasteiger partial charge in [-0.1, -0.05) is 10.3 Å². The molecule has 0 fully saturated rings. The van der Waals surface area contributed by atoms with Crippen LogP contribution in [0.15, 0.2) is 33.6 Å². The molecule has 9 heteroatoms. The van der Waals surface area contributed by atoms with E-state index in [0.717, 1.165) is 16.8 Å². The molecule has 3 heterocycles. The molecule has 9 nitrogen and oxygen atoms in total. The van der Waals surface area contributed by atoms with Crippen molar-refractivity contribution in [2.24, 2.45) is 0 Å². The van der Waals surface area contributed by atoms with Crippen molar-refractivity contribution in [2.45, 2.75) is 33.4 Å². The quantitative estimate of drug-likeness (QED) is 0.748. The lowest BCUT2D eigenvalue weighted by Crippen LogP contribution is -2.38. The minimum atomic E-state index is -0.433. The first kappa shape index (κ1) is 17.6. The Hall–Kier alpha value is -3.23. The van der Waals surface area contributed by atoms with E-state index in [0.29, 0.717) is 24.0 Å². The number of urea groups is 1. The van der Waals surface area contributed by atoms with Gasteiger partial charge in [0.05, 0.1) is 12.2 Å². The van der Waals surface area contributed by atoms with Crippen LogP contribution in [-0.2, 0) is 6.54 Å². The molecule has 0 aliphatic heterocycles. The minimum absolute atomic E-state index is 0.263. The largest absolute Gasteiger partial charge is 0.361 e. The molecule has 0 bridgehead atoms. The van der Waals surface area contributed by atoms with Crippen LogP contribution in [0.5, 0.6) is 0 Å². The van der Waals surface area contributed by atoms with Gasteiger partial charge in [-0.3, -0.25) is 4.98 Å². The van der Waals surface area contributed by atoms with Crippen molar-refractivity contribution in [3.05, 3.63) is 47.4 Å². The van der Waals surface area contributed by atoms with Crippen LogP contribution in [0, 0.1) is 13.8 Å². The monoisotopic (exact) mass is 356 g/mol. The molecule has 1 atom stereocenters. The van der Waals surface area contributed by atoms with Crippen LogP contribution in [0.1, 0.15) is 35.9 Å². The van der Waals surface area contributed by atoms with Crippen LogP contribution in [-0.4, -0.2) is 38.3 Å². The van der Waals surface area contributed by atoms with Gasteiger partial charge in [-0.15, -0.1) is 0 Å². The lowest BCUT2D eigenvalue weighted by Gasteiger charge is -2.19. The summed E-state index contributed by atoms with van der Waals surface area (Å²) >= 11 is 0. The highest BCUT2D eigenvalue weighted by atomic mass is 16.5. The highest BCUT2D eigenvalue weighted by Crippen LogP contribution is 2.18. The second kappa shape index (κ2) is 7.34. The number of nitrogens with zero attached hydrogens (tertiary/aromatic N) is 5. The predicted molar refractivity (Wildman–Crippen MR) is 91.9 cm³/mol. The Labute approximate surface area is 150 Å². The Balaban J connectivity index is 1.63. The van der Waals surface area contributed by atoms with Crippen LogP contribution in [0.2, 0.25) is 0 Å². The van der Waals surface area contributed by atoms with Crippen molar-refractivity contribution in [1.29, 1.82) is 0 Å². The number of carbonyl (C=O) groups is 1. The summed E-state index contributed by atoms with van der Waals surface area (Å²) in [6.07, 6.45) is 3.31. The topological polar surface area (TPSA) is 110 Å². The zero-order valence-corrected chi connectivity index (χ0v) is 15.1. The molecule has 2 amide bonds. The fraction of sp³-hybridized carbons (Fsp3) is 0.353. The second-order valence-corrected chi connectivity index (χ2v) is 6.02. The van der Waals surface area contributed by atoms with E-state index in [1.54, 1.807) is 43.4 Å². The van der Waals surface area contributed by atoms with Crippen molar-refractivity contribution in [3.63, 3.8) is 0 Å². The molecule has 0 aliphatic carbocycles. The Morgan fingerprint density at radius 1 is 1.23 bits per heavy atom. The summed E-state index contributed by atoms with van der Waals surface area (Å²) in [6, 6.07) is 2.88. The molecule has 136 valence electrons. The molecule has 0 saturated heterocycles. The van der Waals surface area contributed by atoms with E-state index in [2.05, 4.69) is 25.6 Å². The van der Waals surface area contributed by atoms with Crippen LogP contribution in [0.3, 0.4) is 0 Å². The normalized spacial score (nSPS) is 12.0. The summed E-state index contributed by atoms with van der Waals surface area (Å²) in [5.41, 5.74) is 2.46. The van der Waals surface area contributed by atoms with Gasteiger partial charge in [-0.25, -0.2) is 4.79 Å². The molecule has 26 heavy (non-hydrogen) atoms. The molecule has 1 N–H and O–H groups in total. The van der Waals surface area contributed by atoms with Gasteiger partial charge < -0.3 is 19.3 Å². The van der Waals surface area contributed by atoms with E-state index < -0.39 is 6.04 Å². The van der Waals surface area contributed by atoms with Crippen LogP contribution >= 0.6 is 0 Å². The van der Waals surface area contributed by atoms with Gasteiger partial charge >= 0.3 is 6.03 Å². The van der Waals surface area contributed by atoms with Crippen molar-refractivity contribution >= 4 is 6.03 Å². The lowest BCUT2D eigenvalue weighted by molar-refractivity contribution is 0.200. The first-order valence-electron chi connectivity index (χ1n) is 8.13. The zero-order valence-electron chi connectivity index (χ0n) is 15.1. The van der Waals surface area contributed by atoms with Crippen LogP contribution in [0.4, 0.5) is 4.79 Å². The molecule has 0 radical (unpaired) electrons. The summed E-state index contributed by atoms with van der Waals surface area (Å²) in [5, 5.41) is 10.7. The molecule has 0 aromatic carbocycles. The third-order valence-corrected chi connectivity index (χ3v) is 4.01. The number of carbonyl (C=O) groups excluding carboxylic acids is 1. The van der Waals surface area contributed by atoms with Gasteiger partial charge in [-0.05, 0) is 32.9 Å². The van der Waals surface area contributed by atoms with Crippen molar-refractivity contribution in [2.75, 3.05) is 7.05 Å². The minimum Gasteiger partial charge on any atom is -0.361 e. The van der Waals surface area contributed by atoms with Crippen molar-refractivity contribution < 1.29 is 13.8 Å². The summed E-state index contributed by atoms with van der Waals surface area (Å²) in [7, 11) is 1.70. The highest BCUT2D eigenvalue weighted by Gasteiger charge is 2.21. The fourth-order valence-corrected chi connectivity index (χ4v) is 2.42. The van der Waals surface area contributed by atoms with Gasteiger partial charge in [0, 0.05) is 30.6 Å². The Morgan fingerprint density at radius 2 is 1.96 bits per heavy atom. The van der Waals surface area contributed by atoms with E-state index >= 15 is 0 Å². The highest BCUT2D eigenvalue weighted by molar-refractivity contribution is 5.74. The average Bonchev–Trinajstić information content (AvgIpc) is 3.25. The first-order chi connectivity index (χ1) is 12.5. The summed E-state index contributed by atoms with van der Waals surface area (Å²) in [6.45, 7) is 5.85. The average molecular weight is 356 g/mol. The molecule has 0 spiro atoms. The number of aromatic nitrogens is 4. The third kappa shape index (κ3) is 3.71. The van der Waals surface area contributed by atoms with Crippen LogP contribution in [0.25, 0.3) is 11.4 Å². The smallest absolute Gasteiger partial charge is 0.318 e. The maximum Gasteiger partial charge on any atom is 0.318 e. The summed E-state index contributed by atoms with van der Waals surface area (Å²) < 4.78 is 10.4. The van der Waals surface area contributed by atoms with Gasteiger partial charge in [-0.2, -0.15) is 4.98 Å². The van der Waals surface area contributed by atoms with Gasteiger partial charge in [0.25, 0.3) is 0 Å². The fourth-order valence-electron chi connectivity index (χ4n) is 2.42. The molecule has 0 aliphatic rings. The zero-order chi connectivity index (χ0) is 18.7. The molecule has 3 rings (SSSR count). The molecule has 0 saturated carbocycles. The molecule has 3 aromatic rings. The van der Waals surface area contributed by atoms with Gasteiger partial charge in [0.15, 0.2) is 0 Å². The maximum atomic E-state index is 12.4. The number of hydrogen-bond acceptors (Lipinski definition) is 7. The Morgan fingerprint density at radius 3 is 2.62 bits per heavy atom. The molecular weight excluding hydrogens is 336 g/mol. The number of pyridine rings is 1. The number of rotatable bonds is 5. The van der Waals surface area contributed by atoms with E-state index in [1.165, 1.54) is 0 Å². The lowest BCUT2D eigenvalue weighted by atomic mass is 10.2. The van der Waals surface area contributed by atoms with Crippen molar-refractivity contribution in [3.8, 4) is 11.4 Å². The molecular formula is C17H20N6O3. The summed E-state index contributed by atoms with van der Waals surface area (Å²) in [5.74, 6) is 1.48. The van der Waals surface area contributed by atoms with E-state index in [9.17, 15) is 4.79 Å². The Bertz CT molecular complexity index is 870. The number of aryl methyl sites for hydroxylation is 2. The predicted octanol–water partition coefficient (Wildman–Crippen LogP) is 2.64. The first-order valence-corrected chi connectivity index (χ1v) is 8.13. The third-order valence-electron chi connectivity index (χ3n) is 4.01. The number of amides is 2. The second-order valence-electron chi connectivity index (χ2n) is 6.02. The maximum absolute atomic E-state index is 12.4. The SMILES string of the molecule is Cc1noc(C)c1CN(C)C(=O)N[C@H](C)c1nc(-c2ccncc2)no1.